The summed E-state index contributed by atoms with van der Waals surface area (Å²) in [6.45, 7) is 1.23. The van der Waals surface area contributed by atoms with Gasteiger partial charge in [0.05, 0.1) is 27.9 Å². The van der Waals surface area contributed by atoms with Crippen molar-refractivity contribution >= 4 is 15.6 Å². The maximum absolute atomic E-state index is 15.1. The first-order valence-corrected chi connectivity index (χ1v) is 12.7. The molecule has 1 aliphatic heterocycles. The first-order chi connectivity index (χ1) is 17.4. The summed E-state index contributed by atoms with van der Waals surface area (Å²) in [7, 11) is -1.75. The zero-order valence-electron chi connectivity index (χ0n) is 20.1. The van der Waals surface area contributed by atoms with E-state index in [0.717, 1.165) is 12.3 Å². The van der Waals surface area contributed by atoms with E-state index in [-0.39, 0.29) is 40.2 Å². The molecule has 0 fully saturated rings. The second-order valence-corrected chi connectivity index (χ2v) is 11.8. The molecule has 0 saturated heterocycles. The van der Waals surface area contributed by atoms with Crippen LogP contribution < -0.4 is 10.5 Å². The predicted molar refractivity (Wildman–Crippen MR) is 129 cm³/mol. The number of aliphatic imine (C=N–C) groups is 1. The molecule has 0 radical (unpaired) electrons. The molecule has 198 valence electrons. The molecule has 37 heavy (non-hydrogen) atoms. The van der Waals surface area contributed by atoms with E-state index in [0.29, 0.717) is 5.56 Å². The molecule has 14 heteroatoms. The number of hydrogen-bond donors (Lipinski definition) is 1. The second kappa shape index (κ2) is 9.72. The van der Waals surface area contributed by atoms with Gasteiger partial charge in [-0.15, -0.1) is 0 Å². The van der Waals surface area contributed by atoms with E-state index in [1.165, 1.54) is 31.4 Å². The minimum atomic E-state index is -3.10. The Morgan fingerprint density at radius 3 is 2.59 bits per heavy atom. The van der Waals surface area contributed by atoms with Gasteiger partial charge in [0.2, 0.25) is 5.88 Å². The number of rotatable bonds is 7. The SMILES string of the molecule is CN=[S@@]1(=O)C[C@@](CF)(c2cc(-c3cc(-c4cnc(OCC(F)F)cn4)no3)ccc2F)N=C(N)C1(C)C. The molecule has 3 aromatic rings. The summed E-state index contributed by atoms with van der Waals surface area (Å²) in [4.78, 5) is 12.3. The lowest BCUT2D eigenvalue weighted by Crippen LogP contribution is -2.56. The largest absolute Gasteiger partial charge is 0.470 e. The molecule has 2 N–H and O–H groups in total. The van der Waals surface area contributed by atoms with Crippen molar-refractivity contribution in [3.63, 3.8) is 0 Å². The average Bonchev–Trinajstić information content (AvgIpc) is 3.37. The summed E-state index contributed by atoms with van der Waals surface area (Å²) < 4.78 is 80.9. The number of halogens is 4. The minimum absolute atomic E-state index is 0.0849. The van der Waals surface area contributed by atoms with E-state index in [9.17, 15) is 17.4 Å². The van der Waals surface area contributed by atoms with Crippen molar-refractivity contribution < 1.29 is 31.0 Å². The molecular weight excluding hydrogens is 516 g/mol. The molecule has 2 atom stereocenters. The van der Waals surface area contributed by atoms with Crippen molar-refractivity contribution in [2.24, 2.45) is 15.1 Å². The van der Waals surface area contributed by atoms with Crippen LogP contribution in [0, 0.1) is 5.82 Å². The van der Waals surface area contributed by atoms with Crippen molar-refractivity contribution in [2.45, 2.75) is 30.6 Å². The molecule has 1 aromatic carbocycles. The molecule has 9 nitrogen and oxygen atoms in total. The van der Waals surface area contributed by atoms with Crippen LogP contribution in [0.3, 0.4) is 0 Å². The summed E-state index contributed by atoms with van der Waals surface area (Å²) >= 11 is 0. The van der Waals surface area contributed by atoms with Crippen LogP contribution in [0.2, 0.25) is 0 Å². The highest BCUT2D eigenvalue weighted by molar-refractivity contribution is 7.95. The lowest BCUT2D eigenvalue weighted by molar-refractivity contribution is 0.0794. The lowest BCUT2D eigenvalue weighted by Gasteiger charge is -2.41. The van der Waals surface area contributed by atoms with E-state index in [4.69, 9.17) is 15.0 Å². The average molecular weight is 541 g/mol. The molecule has 0 saturated carbocycles. The first-order valence-electron chi connectivity index (χ1n) is 11.0. The topological polar surface area (TPSA) is 129 Å². The molecule has 4 rings (SSSR count). The van der Waals surface area contributed by atoms with Gasteiger partial charge in [0.15, 0.2) is 12.4 Å². The van der Waals surface area contributed by atoms with E-state index in [2.05, 4.69) is 24.5 Å². The lowest BCUT2D eigenvalue weighted by atomic mass is 9.90. The minimum Gasteiger partial charge on any atom is -0.470 e. The summed E-state index contributed by atoms with van der Waals surface area (Å²) in [5, 5.41) is 3.92. The predicted octanol–water partition coefficient (Wildman–Crippen LogP) is 3.99. The molecule has 0 amide bonds. The van der Waals surface area contributed by atoms with Gasteiger partial charge in [-0.25, -0.2) is 36.1 Å². The van der Waals surface area contributed by atoms with Gasteiger partial charge < -0.3 is 15.0 Å². The third kappa shape index (κ3) is 4.77. The van der Waals surface area contributed by atoms with Crippen LogP contribution in [0.1, 0.15) is 19.4 Å². The van der Waals surface area contributed by atoms with Gasteiger partial charge in [-0.1, -0.05) is 5.16 Å². The Hall–Kier alpha value is -3.55. The number of nitrogens with two attached hydrogens (primary N) is 1. The van der Waals surface area contributed by atoms with Crippen molar-refractivity contribution in [1.29, 1.82) is 0 Å². The van der Waals surface area contributed by atoms with E-state index >= 15 is 4.39 Å². The number of alkyl halides is 3. The van der Waals surface area contributed by atoms with Crippen LogP contribution in [0.5, 0.6) is 5.88 Å². The molecule has 0 aliphatic carbocycles. The molecule has 0 unspecified atom stereocenters. The Balaban J connectivity index is 1.70. The van der Waals surface area contributed by atoms with E-state index in [1.54, 1.807) is 13.8 Å². The maximum Gasteiger partial charge on any atom is 0.272 e. The zero-order chi connectivity index (χ0) is 27.0. The third-order valence-corrected chi connectivity index (χ3v) is 9.47. The number of amidine groups is 1. The van der Waals surface area contributed by atoms with Crippen molar-refractivity contribution in [3.05, 3.63) is 48.0 Å². The third-order valence-electron chi connectivity index (χ3n) is 6.21. The Morgan fingerprint density at radius 2 is 1.97 bits per heavy atom. The Kier molecular flexibility index (Phi) is 6.97. The van der Waals surface area contributed by atoms with Crippen LogP contribution in [0.25, 0.3) is 22.7 Å². The number of nitrogens with zero attached hydrogens (tertiary/aromatic N) is 5. The number of aromatic nitrogens is 3. The normalized spacial score (nSPS) is 23.1. The van der Waals surface area contributed by atoms with Crippen molar-refractivity contribution in [2.75, 3.05) is 26.1 Å². The summed E-state index contributed by atoms with van der Waals surface area (Å²) in [6, 6.07) is 5.37. The van der Waals surface area contributed by atoms with E-state index < -0.39 is 45.5 Å². The van der Waals surface area contributed by atoms with Crippen LogP contribution in [0.4, 0.5) is 17.6 Å². The van der Waals surface area contributed by atoms with Gasteiger partial charge in [0, 0.05) is 24.2 Å². The first kappa shape index (κ1) is 26.5. The fourth-order valence-corrected chi connectivity index (χ4v) is 6.14. The van der Waals surface area contributed by atoms with Crippen LogP contribution in [-0.2, 0) is 15.3 Å². The standard InChI is InChI=1S/C23H24F4N6O3S/c1-22(2)21(28)32-23(11-24,12-37(22,34)29-3)14-6-13(4-5-15(14)25)18-7-16(33-36-18)17-8-31-20(9-30-17)35-10-19(26)27/h4-9,19H,10-12H2,1-3H3,(H2,28,32)/t23-,37+/m0/s1. The van der Waals surface area contributed by atoms with Crippen LogP contribution in [0.15, 0.2) is 50.5 Å². The highest BCUT2D eigenvalue weighted by Crippen LogP contribution is 2.41. The summed E-state index contributed by atoms with van der Waals surface area (Å²) in [6.07, 6.45) is -0.221. The Labute approximate surface area is 210 Å². The molecule has 2 aromatic heterocycles. The summed E-state index contributed by atoms with van der Waals surface area (Å²) in [5.41, 5.74) is 4.95. The fraction of sp³-hybridized carbons (Fsp3) is 0.391. The smallest absolute Gasteiger partial charge is 0.272 e. The van der Waals surface area contributed by atoms with Gasteiger partial charge in [0.1, 0.15) is 40.0 Å². The highest BCUT2D eigenvalue weighted by Gasteiger charge is 2.50. The monoisotopic (exact) mass is 540 g/mol. The van der Waals surface area contributed by atoms with Crippen LogP contribution >= 0.6 is 0 Å². The molecule has 1 aliphatic rings. The zero-order valence-corrected chi connectivity index (χ0v) is 20.9. The Morgan fingerprint density at radius 1 is 1.22 bits per heavy atom. The second-order valence-electron chi connectivity index (χ2n) is 8.85. The van der Waals surface area contributed by atoms with E-state index in [1.807, 2.05) is 0 Å². The molecule has 3 heterocycles. The van der Waals surface area contributed by atoms with Crippen molar-refractivity contribution in [3.8, 4) is 28.6 Å². The molecule has 0 bridgehead atoms. The fourth-order valence-electron chi connectivity index (χ4n) is 3.87. The van der Waals surface area contributed by atoms with Crippen LogP contribution in [-0.4, -0.2) is 62.4 Å². The number of benzene rings is 1. The highest BCUT2D eigenvalue weighted by atomic mass is 32.2. The van der Waals surface area contributed by atoms with Gasteiger partial charge in [-0.05, 0) is 32.0 Å². The maximum atomic E-state index is 15.1. The van der Waals surface area contributed by atoms with Gasteiger partial charge in [-0.2, -0.15) is 0 Å². The van der Waals surface area contributed by atoms with Gasteiger partial charge in [0.25, 0.3) is 6.43 Å². The molecular formula is C23H24F4N6O3S. The summed E-state index contributed by atoms with van der Waals surface area (Å²) in [5.74, 6) is -1.10. The quantitative estimate of drug-likeness (QED) is 0.449. The Bertz CT molecular complexity index is 1450. The number of hydrogen-bond acceptors (Lipinski definition) is 9. The van der Waals surface area contributed by atoms with Gasteiger partial charge >= 0.3 is 0 Å². The molecule has 0 spiro atoms. The van der Waals surface area contributed by atoms with Gasteiger partial charge in [-0.3, -0.25) is 4.99 Å². The number of ether oxygens (including phenoxy) is 1. The van der Waals surface area contributed by atoms with Crippen molar-refractivity contribution in [1.82, 2.24) is 15.1 Å².